The fraction of sp³-hybridized carbons (Fsp3) is 0.571. The van der Waals surface area contributed by atoms with Crippen LogP contribution in [0.3, 0.4) is 0 Å². The molecule has 4 rings (SSSR count). The summed E-state index contributed by atoms with van der Waals surface area (Å²) in [6.45, 7) is 4.57. The number of imidazole rings is 1. The van der Waals surface area contributed by atoms with Crippen molar-refractivity contribution in [1.29, 1.82) is 0 Å². The molecule has 2 saturated heterocycles. The molecule has 1 atom stereocenters. The highest BCUT2D eigenvalue weighted by atomic mass is 16.2. The zero-order valence-corrected chi connectivity index (χ0v) is 17.1. The van der Waals surface area contributed by atoms with Crippen molar-refractivity contribution in [2.24, 2.45) is 18.9 Å². The Morgan fingerprint density at radius 2 is 1.86 bits per heavy atom. The van der Waals surface area contributed by atoms with Gasteiger partial charge in [0.05, 0.1) is 11.9 Å². The van der Waals surface area contributed by atoms with Gasteiger partial charge in [-0.1, -0.05) is 0 Å². The van der Waals surface area contributed by atoms with E-state index in [1.165, 1.54) is 0 Å². The molecule has 29 heavy (non-hydrogen) atoms. The van der Waals surface area contributed by atoms with Gasteiger partial charge in [0, 0.05) is 64.7 Å². The number of hydrogen-bond acceptors (Lipinski definition) is 5. The van der Waals surface area contributed by atoms with Crippen LogP contribution >= 0.6 is 0 Å². The van der Waals surface area contributed by atoms with Gasteiger partial charge in [0.15, 0.2) is 5.82 Å². The average Bonchev–Trinajstić information content (AvgIpc) is 3.37. The Morgan fingerprint density at radius 3 is 2.55 bits per heavy atom. The lowest BCUT2D eigenvalue weighted by atomic mass is 9.95. The normalized spacial score (nSPS) is 20.3. The van der Waals surface area contributed by atoms with Crippen LogP contribution in [0.5, 0.6) is 0 Å². The minimum Gasteiger partial charge on any atom is -0.343 e. The van der Waals surface area contributed by atoms with Crippen LogP contribution in [0.1, 0.15) is 31.9 Å². The van der Waals surface area contributed by atoms with Gasteiger partial charge in [0.2, 0.25) is 11.8 Å². The number of carbonyl (C=O) groups excluding carboxylic acids is 2. The van der Waals surface area contributed by atoms with E-state index in [0.29, 0.717) is 19.0 Å². The first-order chi connectivity index (χ1) is 14.0. The molecular weight excluding hydrogens is 368 g/mol. The number of aryl methyl sites for hydroxylation is 1. The SMILES string of the molecule is CC(=O)N1CCC(C(=O)N2CC[C@H](Cc3cncc(-c4nccn4C)n3)C2)CC1. The van der Waals surface area contributed by atoms with E-state index in [9.17, 15) is 9.59 Å². The van der Waals surface area contributed by atoms with Gasteiger partial charge in [0.1, 0.15) is 5.69 Å². The third kappa shape index (κ3) is 4.31. The van der Waals surface area contributed by atoms with E-state index in [1.54, 1.807) is 19.3 Å². The molecule has 2 fully saturated rings. The molecular formula is C21H28N6O2. The highest BCUT2D eigenvalue weighted by Gasteiger charge is 2.33. The number of nitrogens with zero attached hydrogens (tertiary/aromatic N) is 6. The first-order valence-electron chi connectivity index (χ1n) is 10.3. The van der Waals surface area contributed by atoms with Crippen molar-refractivity contribution in [3.8, 4) is 11.5 Å². The van der Waals surface area contributed by atoms with Gasteiger partial charge >= 0.3 is 0 Å². The summed E-state index contributed by atoms with van der Waals surface area (Å²) in [7, 11) is 1.94. The summed E-state index contributed by atoms with van der Waals surface area (Å²) in [5.41, 5.74) is 1.72. The largest absolute Gasteiger partial charge is 0.343 e. The number of rotatable bonds is 4. The van der Waals surface area contributed by atoms with E-state index in [4.69, 9.17) is 4.98 Å². The summed E-state index contributed by atoms with van der Waals surface area (Å²) in [4.78, 5) is 41.7. The Kier molecular flexibility index (Phi) is 5.60. The monoisotopic (exact) mass is 396 g/mol. The van der Waals surface area contributed by atoms with E-state index in [0.717, 1.165) is 56.0 Å². The van der Waals surface area contributed by atoms with Crippen LogP contribution in [0.15, 0.2) is 24.8 Å². The number of aromatic nitrogens is 4. The lowest BCUT2D eigenvalue weighted by Crippen LogP contribution is -2.43. The van der Waals surface area contributed by atoms with Crippen molar-refractivity contribution in [3.05, 3.63) is 30.5 Å². The first kappa shape index (κ1) is 19.5. The zero-order chi connectivity index (χ0) is 20.4. The number of likely N-dealkylation sites (tertiary alicyclic amines) is 2. The third-order valence-electron chi connectivity index (χ3n) is 6.12. The van der Waals surface area contributed by atoms with E-state index >= 15 is 0 Å². The van der Waals surface area contributed by atoms with Crippen molar-refractivity contribution in [2.75, 3.05) is 26.2 Å². The summed E-state index contributed by atoms with van der Waals surface area (Å²) in [6, 6.07) is 0. The van der Waals surface area contributed by atoms with Crippen LogP contribution in [-0.4, -0.2) is 67.3 Å². The maximum Gasteiger partial charge on any atom is 0.225 e. The second kappa shape index (κ2) is 8.31. The van der Waals surface area contributed by atoms with E-state index < -0.39 is 0 Å². The smallest absolute Gasteiger partial charge is 0.225 e. The molecule has 0 unspecified atom stereocenters. The van der Waals surface area contributed by atoms with Gasteiger partial charge in [-0.25, -0.2) is 9.97 Å². The Bertz CT molecular complexity index is 887. The van der Waals surface area contributed by atoms with Gasteiger partial charge in [-0.15, -0.1) is 0 Å². The Labute approximate surface area is 171 Å². The standard InChI is InChI=1S/C21H28N6O2/c1-15(28)26-8-4-17(5-9-26)21(29)27-7-3-16(14-27)11-18-12-22-13-19(24-18)20-23-6-10-25(20)2/h6,10,12-13,16-17H,3-5,7-9,11,14H2,1-2H3/t16-/m1/s1. The van der Waals surface area contributed by atoms with Crippen LogP contribution in [0.25, 0.3) is 11.5 Å². The topological polar surface area (TPSA) is 84.2 Å². The number of amides is 2. The predicted octanol–water partition coefficient (Wildman–Crippen LogP) is 1.53. The van der Waals surface area contributed by atoms with Crippen LogP contribution in [0.2, 0.25) is 0 Å². The minimum atomic E-state index is 0.0517. The molecule has 0 spiro atoms. The second-order valence-electron chi connectivity index (χ2n) is 8.18. The summed E-state index contributed by atoms with van der Waals surface area (Å²) >= 11 is 0. The van der Waals surface area contributed by atoms with E-state index in [-0.39, 0.29) is 17.7 Å². The molecule has 0 bridgehead atoms. The Hall–Kier alpha value is -2.77. The molecule has 0 radical (unpaired) electrons. The summed E-state index contributed by atoms with van der Waals surface area (Å²) in [5, 5.41) is 0. The number of hydrogen-bond donors (Lipinski definition) is 0. The first-order valence-corrected chi connectivity index (χ1v) is 10.3. The molecule has 2 aromatic heterocycles. The van der Waals surface area contributed by atoms with Gasteiger partial charge < -0.3 is 14.4 Å². The molecule has 0 saturated carbocycles. The minimum absolute atomic E-state index is 0.0517. The molecule has 8 nitrogen and oxygen atoms in total. The van der Waals surface area contributed by atoms with Crippen molar-refractivity contribution < 1.29 is 9.59 Å². The quantitative estimate of drug-likeness (QED) is 0.782. The van der Waals surface area contributed by atoms with Crippen molar-refractivity contribution >= 4 is 11.8 Å². The summed E-state index contributed by atoms with van der Waals surface area (Å²) < 4.78 is 1.93. The van der Waals surface area contributed by atoms with Gasteiger partial charge in [0.25, 0.3) is 0 Å². The summed E-state index contributed by atoms with van der Waals surface area (Å²) in [6.07, 6.45) is 10.6. The van der Waals surface area contributed by atoms with Crippen molar-refractivity contribution in [3.63, 3.8) is 0 Å². The molecule has 2 aromatic rings. The van der Waals surface area contributed by atoms with Crippen molar-refractivity contribution in [2.45, 2.75) is 32.6 Å². The van der Waals surface area contributed by atoms with Crippen LogP contribution in [0, 0.1) is 11.8 Å². The molecule has 0 aromatic carbocycles. The number of carbonyl (C=O) groups is 2. The molecule has 2 amide bonds. The molecule has 0 N–H and O–H groups in total. The third-order valence-corrected chi connectivity index (χ3v) is 6.12. The van der Waals surface area contributed by atoms with E-state index in [2.05, 4.69) is 9.97 Å². The molecule has 2 aliphatic rings. The van der Waals surface area contributed by atoms with Crippen LogP contribution in [0.4, 0.5) is 0 Å². The van der Waals surface area contributed by atoms with Crippen molar-refractivity contribution in [1.82, 2.24) is 29.3 Å². The van der Waals surface area contributed by atoms with Crippen LogP contribution < -0.4 is 0 Å². The molecule has 4 heterocycles. The van der Waals surface area contributed by atoms with Gasteiger partial charge in [-0.2, -0.15) is 0 Å². The van der Waals surface area contributed by atoms with Gasteiger partial charge in [-0.05, 0) is 31.6 Å². The average molecular weight is 396 g/mol. The molecule has 2 aliphatic heterocycles. The summed E-state index contributed by atoms with van der Waals surface area (Å²) in [5.74, 6) is 1.62. The molecule has 8 heteroatoms. The van der Waals surface area contributed by atoms with Crippen LogP contribution in [-0.2, 0) is 23.1 Å². The maximum atomic E-state index is 12.9. The Balaban J connectivity index is 1.33. The molecule has 0 aliphatic carbocycles. The Morgan fingerprint density at radius 1 is 1.10 bits per heavy atom. The highest BCUT2D eigenvalue weighted by molar-refractivity contribution is 5.80. The lowest BCUT2D eigenvalue weighted by molar-refractivity contribution is -0.139. The maximum absolute atomic E-state index is 12.9. The number of piperidine rings is 1. The highest BCUT2D eigenvalue weighted by Crippen LogP contribution is 2.26. The van der Waals surface area contributed by atoms with Gasteiger partial charge in [-0.3, -0.25) is 14.6 Å². The fourth-order valence-electron chi connectivity index (χ4n) is 4.42. The second-order valence-corrected chi connectivity index (χ2v) is 8.18. The fourth-order valence-corrected chi connectivity index (χ4v) is 4.42. The van der Waals surface area contributed by atoms with E-state index in [1.807, 2.05) is 33.8 Å². The molecule has 154 valence electrons. The zero-order valence-electron chi connectivity index (χ0n) is 17.1. The predicted molar refractivity (Wildman–Crippen MR) is 108 cm³/mol. The lowest BCUT2D eigenvalue weighted by Gasteiger charge is -2.32.